The average Bonchev–Trinajstić information content (AvgIpc) is 3.04. The van der Waals surface area contributed by atoms with Gasteiger partial charge in [-0.05, 0) is 84.7 Å². The summed E-state index contributed by atoms with van der Waals surface area (Å²) in [5.41, 5.74) is 5.55. The molecule has 1 aromatic heterocycles. The molecule has 0 aliphatic heterocycles. The van der Waals surface area contributed by atoms with Crippen LogP contribution in [0.5, 0.6) is 0 Å². The van der Waals surface area contributed by atoms with Gasteiger partial charge in [-0.15, -0.1) is 0 Å². The normalized spacial score (nSPS) is 20.1. The first-order valence-electron chi connectivity index (χ1n) is 11.6. The van der Waals surface area contributed by atoms with Gasteiger partial charge in [0.25, 0.3) is 0 Å². The van der Waals surface area contributed by atoms with E-state index in [9.17, 15) is 5.11 Å². The largest absolute Gasteiger partial charge is 0.393 e. The second-order valence-corrected chi connectivity index (χ2v) is 8.85. The number of hydrogen-bond acceptors (Lipinski definition) is 1. The molecule has 0 amide bonds. The second-order valence-electron chi connectivity index (χ2n) is 8.85. The Morgan fingerprint density at radius 2 is 1.66 bits per heavy atom. The summed E-state index contributed by atoms with van der Waals surface area (Å²) in [7, 11) is 0. The van der Waals surface area contributed by atoms with Gasteiger partial charge in [-0.25, -0.2) is 0 Å². The summed E-state index contributed by atoms with van der Waals surface area (Å²) in [5.74, 6) is 0.443. The van der Waals surface area contributed by atoms with E-state index >= 15 is 0 Å². The molecule has 0 saturated heterocycles. The molecule has 3 aromatic rings. The van der Waals surface area contributed by atoms with Crippen molar-refractivity contribution in [2.24, 2.45) is 5.92 Å². The van der Waals surface area contributed by atoms with Gasteiger partial charge in [0.2, 0.25) is 0 Å². The summed E-state index contributed by atoms with van der Waals surface area (Å²) in [6, 6.07) is 18.2. The Hall–Kier alpha value is -2.06. The molecule has 1 saturated carbocycles. The highest BCUT2D eigenvalue weighted by Crippen LogP contribution is 2.27. The van der Waals surface area contributed by atoms with Crippen LogP contribution in [0.3, 0.4) is 0 Å². The Kier molecular flexibility index (Phi) is 6.71. The number of aromatic nitrogens is 1. The Morgan fingerprint density at radius 1 is 0.897 bits per heavy atom. The van der Waals surface area contributed by atoms with Crippen molar-refractivity contribution in [3.63, 3.8) is 0 Å². The van der Waals surface area contributed by atoms with Gasteiger partial charge in [0.1, 0.15) is 0 Å². The number of benzene rings is 2. The minimum atomic E-state index is -0.109. The number of hydrogen-bond donors (Lipinski definition) is 1. The topological polar surface area (TPSA) is 25.2 Å². The lowest BCUT2D eigenvalue weighted by atomic mass is 9.90. The van der Waals surface area contributed by atoms with E-state index in [1.165, 1.54) is 53.3 Å². The zero-order chi connectivity index (χ0) is 20.1. The maximum Gasteiger partial charge on any atom is 0.0571 e. The predicted molar refractivity (Wildman–Crippen MR) is 122 cm³/mol. The van der Waals surface area contributed by atoms with Crippen LogP contribution in [0, 0.1) is 5.92 Å². The maximum atomic E-state index is 10.4. The quantitative estimate of drug-likeness (QED) is 0.470. The van der Waals surface area contributed by atoms with Crippen molar-refractivity contribution in [2.45, 2.75) is 77.4 Å². The van der Waals surface area contributed by atoms with Gasteiger partial charge < -0.3 is 9.67 Å². The highest BCUT2D eigenvalue weighted by Gasteiger charge is 2.21. The predicted octanol–water partition coefficient (Wildman–Crippen LogP) is 6.32. The number of aliphatic hydroxyl groups excluding tert-OH is 1. The molecule has 2 atom stereocenters. The van der Waals surface area contributed by atoms with E-state index in [-0.39, 0.29) is 6.10 Å². The molecule has 154 valence electrons. The van der Waals surface area contributed by atoms with Gasteiger partial charge in [0.15, 0.2) is 0 Å². The average molecular weight is 390 g/mol. The molecule has 2 unspecified atom stereocenters. The van der Waals surface area contributed by atoms with Gasteiger partial charge in [0, 0.05) is 18.3 Å². The summed E-state index contributed by atoms with van der Waals surface area (Å²) in [6.45, 7) is 3.27. The third-order valence-electron chi connectivity index (χ3n) is 6.75. The van der Waals surface area contributed by atoms with E-state index in [2.05, 4.69) is 66.2 Å². The smallest absolute Gasteiger partial charge is 0.0571 e. The van der Waals surface area contributed by atoms with Crippen LogP contribution in [-0.4, -0.2) is 15.8 Å². The fourth-order valence-corrected chi connectivity index (χ4v) is 4.87. The van der Waals surface area contributed by atoms with E-state index in [1.54, 1.807) is 0 Å². The summed E-state index contributed by atoms with van der Waals surface area (Å²) < 4.78 is 2.39. The summed E-state index contributed by atoms with van der Waals surface area (Å²) in [4.78, 5) is 0. The molecule has 1 fully saturated rings. The lowest BCUT2D eigenvalue weighted by Gasteiger charge is -2.20. The van der Waals surface area contributed by atoms with E-state index < -0.39 is 0 Å². The van der Waals surface area contributed by atoms with Crippen LogP contribution in [-0.2, 0) is 25.8 Å². The molecular formula is C27H35NO. The third kappa shape index (κ3) is 5.11. The van der Waals surface area contributed by atoms with Crippen LogP contribution in [0.25, 0.3) is 10.9 Å². The molecule has 4 rings (SSSR count). The lowest BCUT2D eigenvalue weighted by molar-refractivity contribution is 0.101. The van der Waals surface area contributed by atoms with Crippen LogP contribution >= 0.6 is 0 Å². The first-order valence-corrected chi connectivity index (χ1v) is 11.6. The van der Waals surface area contributed by atoms with Crippen molar-refractivity contribution >= 4 is 10.9 Å². The molecule has 0 radical (unpaired) electrons. The Morgan fingerprint density at radius 3 is 2.48 bits per heavy atom. The summed E-state index contributed by atoms with van der Waals surface area (Å²) >= 11 is 0. The molecule has 2 nitrogen and oxygen atoms in total. The van der Waals surface area contributed by atoms with Crippen molar-refractivity contribution in [3.05, 3.63) is 71.4 Å². The Balaban J connectivity index is 1.30. The molecule has 1 N–H and O–H groups in total. The molecule has 1 heterocycles. The molecule has 0 bridgehead atoms. The first-order chi connectivity index (χ1) is 14.2. The van der Waals surface area contributed by atoms with Crippen LogP contribution in [0.15, 0.2) is 54.7 Å². The molecule has 2 heteroatoms. The van der Waals surface area contributed by atoms with Crippen molar-refractivity contribution < 1.29 is 5.11 Å². The van der Waals surface area contributed by atoms with Gasteiger partial charge in [0.05, 0.1) is 6.10 Å². The number of nitrogens with zero attached hydrogens (tertiary/aromatic N) is 1. The number of aryl methyl sites for hydroxylation is 3. The van der Waals surface area contributed by atoms with Gasteiger partial charge in [-0.2, -0.15) is 0 Å². The van der Waals surface area contributed by atoms with E-state index in [0.29, 0.717) is 5.92 Å². The summed E-state index contributed by atoms with van der Waals surface area (Å²) in [6.07, 6.45) is 12.4. The van der Waals surface area contributed by atoms with Gasteiger partial charge in [-0.3, -0.25) is 0 Å². The lowest BCUT2D eigenvalue weighted by Crippen LogP contribution is -2.21. The minimum absolute atomic E-state index is 0.109. The second kappa shape index (κ2) is 9.63. The standard InChI is InChI=1S/C27H35NO/c1-2-21-14-15-26-24(19-21)16-18-28(26)17-6-7-22-10-12-23(13-11-22)20-25-8-4-3-5-9-27(25)29/h10-16,18-19,25,27,29H,2-9,17,20H2,1H3. The highest BCUT2D eigenvalue weighted by molar-refractivity contribution is 5.80. The van der Waals surface area contributed by atoms with Crippen molar-refractivity contribution in [3.8, 4) is 0 Å². The number of fused-ring (bicyclic) bond motifs is 1. The van der Waals surface area contributed by atoms with Gasteiger partial charge in [-0.1, -0.05) is 56.5 Å². The zero-order valence-electron chi connectivity index (χ0n) is 17.8. The highest BCUT2D eigenvalue weighted by atomic mass is 16.3. The summed E-state index contributed by atoms with van der Waals surface area (Å²) in [5, 5.41) is 11.7. The number of rotatable bonds is 7. The zero-order valence-corrected chi connectivity index (χ0v) is 17.8. The fourth-order valence-electron chi connectivity index (χ4n) is 4.87. The monoisotopic (exact) mass is 389 g/mol. The van der Waals surface area contributed by atoms with Crippen LogP contribution in [0.2, 0.25) is 0 Å². The molecule has 2 aromatic carbocycles. The molecule has 0 spiro atoms. The maximum absolute atomic E-state index is 10.4. The van der Waals surface area contributed by atoms with Crippen LogP contribution in [0.1, 0.15) is 62.1 Å². The molecule has 29 heavy (non-hydrogen) atoms. The van der Waals surface area contributed by atoms with E-state index in [1.807, 2.05) is 0 Å². The number of aliphatic hydroxyl groups is 1. The van der Waals surface area contributed by atoms with E-state index in [0.717, 1.165) is 38.6 Å². The minimum Gasteiger partial charge on any atom is -0.393 e. The van der Waals surface area contributed by atoms with Crippen molar-refractivity contribution in [1.82, 2.24) is 4.57 Å². The Bertz CT molecular complexity index is 908. The van der Waals surface area contributed by atoms with Crippen LogP contribution in [0.4, 0.5) is 0 Å². The van der Waals surface area contributed by atoms with Crippen LogP contribution < -0.4 is 0 Å². The van der Waals surface area contributed by atoms with Gasteiger partial charge >= 0.3 is 0 Å². The van der Waals surface area contributed by atoms with Crippen molar-refractivity contribution in [1.29, 1.82) is 0 Å². The SMILES string of the molecule is CCc1ccc2c(ccn2CCCc2ccc(CC3CCCCCC3O)cc2)c1. The molecule has 1 aliphatic carbocycles. The Labute approximate surface area is 175 Å². The third-order valence-corrected chi connectivity index (χ3v) is 6.75. The van der Waals surface area contributed by atoms with Crippen molar-refractivity contribution in [2.75, 3.05) is 0 Å². The molecule has 1 aliphatic rings. The van der Waals surface area contributed by atoms with E-state index in [4.69, 9.17) is 0 Å². The first kappa shape index (κ1) is 20.2. The molecular weight excluding hydrogens is 354 g/mol. The fraction of sp³-hybridized carbons (Fsp3) is 0.481.